The van der Waals surface area contributed by atoms with E-state index >= 15 is 0 Å². The maximum Gasteiger partial charge on any atom is 0.325 e. The molecule has 0 aliphatic carbocycles. The Morgan fingerprint density at radius 3 is 2.70 bits per heavy atom. The first-order valence-corrected chi connectivity index (χ1v) is 9.50. The number of nitrogens with two attached hydrogens (primary N) is 1. The van der Waals surface area contributed by atoms with Crippen molar-refractivity contribution in [2.24, 2.45) is 10.7 Å². The van der Waals surface area contributed by atoms with Crippen molar-refractivity contribution in [2.45, 2.75) is 32.4 Å². The molecule has 1 atom stereocenters. The second-order valence-corrected chi connectivity index (χ2v) is 6.87. The average molecular weight is 410 g/mol. The van der Waals surface area contributed by atoms with E-state index in [-0.39, 0.29) is 18.3 Å². The molecule has 1 unspecified atom stereocenters. The van der Waals surface area contributed by atoms with E-state index in [0.29, 0.717) is 29.9 Å². The fourth-order valence-electron chi connectivity index (χ4n) is 2.88. The molecule has 3 aromatic rings. The molecule has 1 heterocycles. The summed E-state index contributed by atoms with van der Waals surface area (Å²) in [5.74, 6) is -0.614. The maximum absolute atomic E-state index is 14.5. The van der Waals surface area contributed by atoms with Gasteiger partial charge in [-0.3, -0.25) is 4.79 Å². The minimum absolute atomic E-state index is 0.0171. The molecule has 0 radical (unpaired) electrons. The van der Waals surface area contributed by atoms with Gasteiger partial charge in [0.1, 0.15) is 23.3 Å². The molecule has 30 heavy (non-hydrogen) atoms. The highest BCUT2D eigenvalue weighted by Crippen LogP contribution is 2.24. The Morgan fingerprint density at radius 2 is 2.00 bits per heavy atom. The Hall–Kier alpha value is -3.68. The first-order chi connectivity index (χ1) is 14.4. The van der Waals surface area contributed by atoms with Crippen molar-refractivity contribution >= 4 is 11.9 Å². The molecule has 0 aliphatic heterocycles. The largest absolute Gasteiger partial charge is 0.480 e. The number of carboxylic acid groups (broad SMARTS) is 1. The third kappa shape index (κ3) is 5.66. The fraction of sp³-hybridized carbons (Fsp3) is 0.227. The van der Waals surface area contributed by atoms with Gasteiger partial charge in [0.05, 0.1) is 6.54 Å². The van der Waals surface area contributed by atoms with Crippen LogP contribution in [0.15, 0.2) is 64.1 Å². The number of aryl methyl sites for hydroxylation is 2. The van der Waals surface area contributed by atoms with E-state index in [9.17, 15) is 9.18 Å². The highest BCUT2D eigenvalue weighted by atomic mass is 19.1. The summed E-state index contributed by atoms with van der Waals surface area (Å²) in [6, 6.07) is 15.6. The molecule has 156 valence electrons. The zero-order valence-corrected chi connectivity index (χ0v) is 16.5. The van der Waals surface area contributed by atoms with Crippen LogP contribution in [-0.2, 0) is 24.2 Å². The molecular weight excluding hydrogens is 387 g/mol. The second-order valence-electron chi connectivity index (χ2n) is 6.87. The van der Waals surface area contributed by atoms with E-state index in [4.69, 9.17) is 15.4 Å². The van der Waals surface area contributed by atoms with E-state index in [1.807, 2.05) is 36.4 Å². The van der Waals surface area contributed by atoms with Gasteiger partial charge in [0.2, 0.25) is 0 Å². The number of carboxylic acids is 1. The van der Waals surface area contributed by atoms with E-state index < -0.39 is 12.0 Å². The smallest absolute Gasteiger partial charge is 0.325 e. The topological polar surface area (TPSA) is 114 Å². The van der Waals surface area contributed by atoms with Crippen molar-refractivity contribution in [1.29, 1.82) is 0 Å². The second kappa shape index (κ2) is 9.69. The van der Waals surface area contributed by atoms with Gasteiger partial charge in [-0.05, 0) is 30.5 Å². The predicted molar refractivity (Wildman–Crippen MR) is 111 cm³/mol. The third-order valence-electron chi connectivity index (χ3n) is 4.53. The van der Waals surface area contributed by atoms with Crippen molar-refractivity contribution < 1.29 is 18.8 Å². The van der Waals surface area contributed by atoms with Crippen LogP contribution in [0.4, 0.5) is 4.39 Å². The summed E-state index contributed by atoms with van der Waals surface area (Å²) in [5, 5.41) is 15.3. The van der Waals surface area contributed by atoms with Gasteiger partial charge >= 0.3 is 5.97 Å². The fourth-order valence-corrected chi connectivity index (χ4v) is 2.88. The van der Waals surface area contributed by atoms with Crippen molar-refractivity contribution in [3.8, 4) is 11.1 Å². The van der Waals surface area contributed by atoms with Gasteiger partial charge in [-0.25, -0.2) is 9.38 Å². The van der Waals surface area contributed by atoms with Crippen LogP contribution in [0.25, 0.3) is 11.1 Å². The van der Waals surface area contributed by atoms with Crippen molar-refractivity contribution in [1.82, 2.24) is 10.5 Å². The number of aromatic nitrogens is 1. The zero-order valence-electron chi connectivity index (χ0n) is 16.5. The highest BCUT2D eigenvalue weighted by Gasteiger charge is 2.11. The molecular formula is C22H23FN4O3. The van der Waals surface area contributed by atoms with Crippen molar-refractivity contribution in [3.05, 3.63) is 77.4 Å². The zero-order chi connectivity index (χ0) is 21.5. The summed E-state index contributed by atoms with van der Waals surface area (Å²) in [7, 11) is 0. The lowest BCUT2D eigenvalue weighted by Gasteiger charge is -2.08. The van der Waals surface area contributed by atoms with Crippen LogP contribution >= 0.6 is 0 Å². The van der Waals surface area contributed by atoms with E-state index in [2.05, 4.69) is 15.5 Å². The summed E-state index contributed by atoms with van der Waals surface area (Å²) >= 11 is 0. The number of nitrogens with zero attached hydrogens (tertiary/aromatic N) is 2. The van der Waals surface area contributed by atoms with E-state index in [1.165, 1.54) is 6.92 Å². The first-order valence-electron chi connectivity index (χ1n) is 9.50. The van der Waals surface area contributed by atoms with Gasteiger partial charge in [-0.15, -0.1) is 0 Å². The Bertz CT molecular complexity index is 1030. The summed E-state index contributed by atoms with van der Waals surface area (Å²) in [5.41, 5.74) is 8.50. The standard InChI is InChI=1S/C22H23FN4O3/c1-14(21(28)29)26-22(24)25-13-17-12-18(30-27-17)9-7-15-8-10-19(20(23)11-15)16-5-3-2-4-6-16/h2-6,8,10-12,14H,7,9,13H2,1H3,(H,28,29)(H3,24,25,26). The van der Waals surface area contributed by atoms with Gasteiger partial charge < -0.3 is 20.7 Å². The summed E-state index contributed by atoms with van der Waals surface area (Å²) in [6.45, 7) is 1.63. The van der Waals surface area contributed by atoms with Gasteiger partial charge in [-0.1, -0.05) is 47.6 Å². The van der Waals surface area contributed by atoms with Crippen molar-refractivity contribution in [3.63, 3.8) is 0 Å². The Labute approximate surface area is 173 Å². The number of aliphatic carboxylic acids is 1. The minimum atomic E-state index is -1.02. The van der Waals surface area contributed by atoms with Crippen molar-refractivity contribution in [2.75, 3.05) is 0 Å². The quantitative estimate of drug-likeness (QED) is 0.388. The van der Waals surface area contributed by atoms with Crippen LogP contribution in [0.2, 0.25) is 0 Å². The Kier molecular flexibility index (Phi) is 6.79. The minimum Gasteiger partial charge on any atom is -0.480 e. The number of hydrogen-bond acceptors (Lipinski definition) is 4. The molecule has 0 fully saturated rings. The molecule has 0 bridgehead atoms. The van der Waals surface area contributed by atoms with Gasteiger partial charge in [0.25, 0.3) is 0 Å². The lowest BCUT2D eigenvalue weighted by atomic mass is 10.0. The highest BCUT2D eigenvalue weighted by molar-refractivity contribution is 5.84. The number of guanidine groups is 1. The SMILES string of the molecule is CC(NC(N)=NCc1cc(CCc2ccc(-c3ccccc3)c(F)c2)on1)C(=O)O. The Balaban J connectivity index is 1.55. The molecule has 0 aliphatic rings. The number of nitrogens with one attached hydrogen (secondary N) is 1. The lowest BCUT2D eigenvalue weighted by Crippen LogP contribution is -2.42. The molecule has 7 nitrogen and oxygen atoms in total. The van der Waals surface area contributed by atoms with Crippen LogP contribution in [-0.4, -0.2) is 28.2 Å². The molecule has 8 heteroatoms. The van der Waals surface area contributed by atoms with E-state index in [1.54, 1.807) is 18.2 Å². The number of aliphatic imine (C=N–C) groups is 1. The molecule has 0 amide bonds. The van der Waals surface area contributed by atoms with Crippen LogP contribution in [0.1, 0.15) is 23.9 Å². The Morgan fingerprint density at radius 1 is 1.23 bits per heavy atom. The molecule has 0 spiro atoms. The first kappa shape index (κ1) is 21.0. The van der Waals surface area contributed by atoms with Crippen LogP contribution in [0, 0.1) is 5.82 Å². The molecule has 2 aromatic carbocycles. The van der Waals surface area contributed by atoms with Gasteiger partial charge in [0, 0.05) is 18.1 Å². The summed E-state index contributed by atoms with van der Waals surface area (Å²) < 4.78 is 19.8. The van der Waals surface area contributed by atoms with Crippen LogP contribution in [0.3, 0.4) is 0 Å². The number of carbonyl (C=O) groups is 1. The lowest BCUT2D eigenvalue weighted by molar-refractivity contribution is -0.138. The molecule has 3 rings (SSSR count). The summed E-state index contributed by atoms with van der Waals surface area (Å²) in [4.78, 5) is 14.8. The van der Waals surface area contributed by atoms with E-state index in [0.717, 1.165) is 11.1 Å². The predicted octanol–water partition coefficient (Wildman–Crippen LogP) is 3.14. The monoisotopic (exact) mass is 410 g/mol. The number of hydrogen-bond donors (Lipinski definition) is 3. The van der Waals surface area contributed by atoms with Crippen LogP contribution in [0.5, 0.6) is 0 Å². The van der Waals surface area contributed by atoms with Crippen LogP contribution < -0.4 is 11.1 Å². The molecule has 0 saturated carbocycles. The number of benzene rings is 2. The third-order valence-corrected chi connectivity index (χ3v) is 4.53. The molecule has 0 saturated heterocycles. The number of rotatable bonds is 8. The maximum atomic E-state index is 14.5. The van der Waals surface area contributed by atoms with Gasteiger partial charge in [0.15, 0.2) is 5.96 Å². The normalized spacial score (nSPS) is 12.5. The average Bonchev–Trinajstić information content (AvgIpc) is 3.19. The summed E-state index contributed by atoms with van der Waals surface area (Å²) in [6.07, 6.45) is 1.16. The molecule has 4 N–H and O–H groups in total. The van der Waals surface area contributed by atoms with Gasteiger partial charge in [-0.2, -0.15) is 0 Å². The molecule has 1 aromatic heterocycles. The number of halogens is 1.